The van der Waals surface area contributed by atoms with E-state index >= 15 is 0 Å². The van der Waals surface area contributed by atoms with Crippen molar-refractivity contribution in [3.05, 3.63) is 88.9 Å². The highest BCUT2D eigenvalue weighted by Crippen LogP contribution is 2.24. The average molecular weight is 432 g/mol. The van der Waals surface area contributed by atoms with Gasteiger partial charge in [-0.25, -0.2) is 4.98 Å². The predicted molar refractivity (Wildman–Crippen MR) is 125 cm³/mol. The number of carbonyl (C=O) groups is 2. The zero-order chi connectivity index (χ0) is 21.5. The number of nitrogens with zero attached hydrogens (tertiary/aromatic N) is 2. The fourth-order valence-corrected chi connectivity index (χ4v) is 4.50. The molecule has 2 heterocycles. The van der Waals surface area contributed by atoms with Crippen molar-refractivity contribution in [1.29, 1.82) is 0 Å². The molecule has 1 saturated heterocycles. The van der Waals surface area contributed by atoms with E-state index in [9.17, 15) is 9.59 Å². The quantitative estimate of drug-likeness (QED) is 0.579. The van der Waals surface area contributed by atoms with Gasteiger partial charge in [0.15, 0.2) is 5.13 Å². The lowest BCUT2D eigenvalue weighted by Gasteiger charge is -2.30. The molecule has 1 aliphatic rings. The summed E-state index contributed by atoms with van der Waals surface area (Å²) < 4.78 is 0. The second-order valence-electron chi connectivity index (χ2n) is 7.63. The normalized spacial score (nSPS) is 14.6. The van der Waals surface area contributed by atoms with Gasteiger partial charge < -0.3 is 10.2 Å². The first kappa shape index (κ1) is 21.0. The van der Waals surface area contributed by atoms with E-state index in [0.717, 1.165) is 16.9 Å². The Kier molecular flexibility index (Phi) is 6.89. The van der Waals surface area contributed by atoms with Crippen molar-refractivity contribution in [1.82, 2.24) is 9.88 Å². The largest absolute Gasteiger partial charge is 0.339 e. The van der Waals surface area contributed by atoms with Crippen LogP contribution in [0.25, 0.3) is 6.08 Å². The molecule has 0 atom stereocenters. The van der Waals surface area contributed by atoms with Gasteiger partial charge in [-0.1, -0.05) is 60.7 Å². The number of piperidine rings is 1. The third-order valence-electron chi connectivity index (χ3n) is 5.40. The van der Waals surface area contributed by atoms with E-state index < -0.39 is 0 Å². The summed E-state index contributed by atoms with van der Waals surface area (Å²) in [7, 11) is 0. The SMILES string of the molecule is O=C(Nc1ncc(Cc2ccccc2)s1)C1CCN(C(=O)/C=C/c2ccccc2)CC1. The Morgan fingerprint density at radius 3 is 2.42 bits per heavy atom. The number of carbonyl (C=O) groups excluding carboxylic acids is 2. The van der Waals surface area contributed by atoms with Crippen LogP contribution < -0.4 is 5.32 Å². The Morgan fingerprint density at radius 2 is 1.71 bits per heavy atom. The molecule has 6 heteroatoms. The topological polar surface area (TPSA) is 62.3 Å². The summed E-state index contributed by atoms with van der Waals surface area (Å²) in [5, 5.41) is 3.60. The van der Waals surface area contributed by atoms with E-state index in [1.807, 2.05) is 65.7 Å². The van der Waals surface area contributed by atoms with Crippen molar-refractivity contribution in [2.45, 2.75) is 19.3 Å². The summed E-state index contributed by atoms with van der Waals surface area (Å²) in [5.41, 5.74) is 2.22. The van der Waals surface area contributed by atoms with Crippen LogP contribution in [0.5, 0.6) is 0 Å². The Balaban J connectivity index is 1.25. The Morgan fingerprint density at radius 1 is 1.03 bits per heavy atom. The van der Waals surface area contributed by atoms with Crippen LogP contribution in [0.4, 0.5) is 5.13 Å². The number of thiazole rings is 1. The minimum atomic E-state index is -0.0939. The van der Waals surface area contributed by atoms with Crippen LogP contribution in [-0.2, 0) is 16.0 Å². The molecule has 158 valence electrons. The van der Waals surface area contributed by atoms with E-state index in [1.54, 1.807) is 6.08 Å². The number of hydrogen-bond acceptors (Lipinski definition) is 4. The van der Waals surface area contributed by atoms with Gasteiger partial charge in [0.05, 0.1) is 0 Å². The molecular formula is C25H25N3O2S. The zero-order valence-electron chi connectivity index (χ0n) is 17.2. The lowest BCUT2D eigenvalue weighted by atomic mass is 9.96. The maximum Gasteiger partial charge on any atom is 0.246 e. The summed E-state index contributed by atoms with van der Waals surface area (Å²) in [4.78, 5) is 32.4. The van der Waals surface area contributed by atoms with Crippen LogP contribution in [-0.4, -0.2) is 34.8 Å². The van der Waals surface area contributed by atoms with Crippen molar-refractivity contribution >= 4 is 34.4 Å². The predicted octanol–water partition coefficient (Wildman–Crippen LogP) is 4.62. The first-order valence-corrected chi connectivity index (χ1v) is 11.3. The molecule has 0 aliphatic carbocycles. The highest BCUT2D eigenvalue weighted by atomic mass is 32.1. The summed E-state index contributed by atoms with van der Waals surface area (Å²) in [6, 6.07) is 20.0. The minimum absolute atomic E-state index is 0.00631. The summed E-state index contributed by atoms with van der Waals surface area (Å²) in [6.07, 6.45) is 7.41. The molecule has 3 aromatic rings. The molecular weight excluding hydrogens is 406 g/mol. The van der Waals surface area contributed by atoms with Gasteiger partial charge in [0.1, 0.15) is 0 Å². The number of likely N-dealkylation sites (tertiary alicyclic amines) is 1. The van der Waals surface area contributed by atoms with Gasteiger partial charge in [-0.3, -0.25) is 9.59 Å². The highest BCUT2D eigenvalue weighted by Gasteiger charge is 2.27. The van der Waals surface area contributed by atoms with Crippen molar-refractivity contribution in [2.75, 3.05) is 18.4 Å². The fraction of sp³-hybridized carbons (Fsp3) is 0.240. The second kappa shape index (κ2) is 10.2. The van der Waals surface area contributed by atoms with E-state index in [1.165, 1.54) is 16.9 Å². The summed E-state index contributed by atoms with van der Waals surface area (Å²) in [5.74, 6) is -0.107. The molecule has 0 spiro atoms. The first-order chi connectivity index (χ1) is 15.2. The van der Waals surface area contributed by atoms with Crippen LogP contribution in [0.3, 0.4) is 0 Å². The van der Waals surface area contributed by atoms with Gasteiger partial charge >= 0.3 is 0 Å². The lowest BCUT2D eigenvalue weighted by molar-refractivity contribution is -0.130. The van der Waals surface area contributed by atoms with Crippen molar-refractivity contribution in [3.63, 3.8) is 0 Å². The Hall–Kier alpha value is -3.25. The molecule has 5 nitrogen and oxygen atoms in total. The van der Waals surface area contributed by atoms with Crippen LogP contribution in [0.2, 0.25) is 0 Å². The lowest BCUT2D eigenvalue weighted by Crippen LogP contribution is -2.40. The third-order valence-corrected chi connectivity index (χ3v) is 6.31. The molecule has 4 rings (SSSR count). The molecule has 0 saturated carbocycles. The molecule has 1 aromatic heterocycles. The number of hydrogen-bond donors (Lipinski definition) is 1. The van der Waals surface area contributed by atoms with Crippen LogP contribution >= 0.6 is 11.3 Å². The maximum atomic E-state index is 12.7. The monoisotopic (exact) mass is 431 g/mol. The number of benzene rings is 2. The summed E-state index contributed by atoms with van der Waals surface area (Å²) >= 11 is 1.51. The molecule has 1 aliphatic heterocycles. The highest BCUT2D eigenvalue weighted by molar-refractivity contribution is 7.15. The first-order valence-electron chi connectivity index (χ1n) is 10.5. The molecule has 31 heavy (non-hydrogen) atoms. The zero-order valence-corrected chi connectivity index (χ0v) is 18.1. The molecule has 2 aromatic carbocycles. The molecule has 0 bridgehead atoms. The van der Waals surface area contributed by atoms with E-state index in [0.29, 0.717) is 31.1 Å². The van der Waals surface area contributed by atoms with Gasteiger partial charge in [0.2, 0.25) is 11.8 Å². The number of nitrogens with one attached hydrogen (secondary N) is 1. The smallest absolute Gasteiger partial charge is 0.246 e. The van der Waals surface area contributed by atoms with Crippen LogP contribution in [0.15, 0.2) is 72.9 Å². The molecule has 0 unspecified atom stereocenters. The minimum Gasteiger partial charge on any atom is -0.339 e. The summed E-state index contributed by atoms with van der Waals surface area (Å²) in [6.45, 7) is 1.18. The molecule has 0 radical (unpaired) electrons. The van der Waals surface area contributed by atoms with Gasteiger partial charge in [-0.05, 0) is 30.0 Å². The molecule has 2 amide bonds. The van der Waals surface area contributed by atoms with Gasteiger partial charge in [-0.15, -0.1) is 11.3 Å². The van der Waals surface area contributed by atoms with Gasteiger partial charge in [0.25, 0.3) is 0 Å². The third kappa shape index (κ3) is 5.89. The van der Waals surface area contributed by atoms with Crippen molar-refractivity contribution in [3.8, 4) is 0 Å². The van der Waals surface area contributed by atoms with Gasteiger partial charge in [-0.2, -0.15) is 0 Å². The standard InChI is InChI=1S/C25H25N3O2S/c29-23(12-11-19-7-3-1-4-8-19)28-15-13-21(14-16-28)24(30)27-25-26-18-22(31-25)17-20-9-5-2-6-10-20/h1-12,18,21H,13-17H2,(H,26,27,30)/b12-11+. The van der Waals surface area contributed by atoms with Crippen molar-refractivity contribution in [2.24, 2.45) is 5.92 Å². The van der Waals surface area contributed by atoms with E-state index in [4.69, 9.17) is 0 Å². The van der Waals surface area contributed by atoms with Gasteiger partial charge in [0, 0.05) is 42.6 Å². The number of anilines is 1. The molecule has 1 N–H and O–H groups in total. The van der Waals surface area contributed by atoms with Crippen molar-refractivity contribution < 1.29 is 9.59 Å². The maximum absolute atomic E-state index is 12.7. The van der Waals surface area contributed by atoms with E-state index in [2.05, 4.69) is 22.4 Å². The van der Waals surface area contributed by atoms with Crippen LogP contribution in [0, 0.1) is 5.92 Å². The van der Waals surface area contributed by atoms with Crippen LogP contribution in [0.1, 0.15) is 28.8 Å². The second-order valence-corrected chi connectivity index (χ2v) is 8.74. The van der Waals surface area contributed by atoms with E-state index in [-0.39, 0.29) is 17.7 Å². The number of amides is 2. The Bertz CT molecular complexity index is 1040. The Labute approximate surface area is 186 Å². The number of aromatic nitrogens is 1. The molecule has 1 fully saturated rings. The number of rotatable bonds is 6. The fourth-order valence-electron chi connectivity index (χ4n) is 3.65. The average Bonchev–Trinajstić information content (AvgIpc) is 3.25.